The van der Waals surface area contributed by atoms with E-state index in [1.165, 1.54) is 25.3 Å². The Morgan fingerprint density at radius 1 is 1.38 bits per heavy atom. The lowest BCUT2D eigenvalue weighted by atomic mass is 10.0. The van der Waals surface area contributed by atoms with E-state index < -0.39 is 10.0 Å². The van der Waals surface area contributed by atoms with Crippen LogP contribution in [0, 0.1) is 0 Å². The molecule has 1 heterocycles. The van der Waals surface area contributed by atoms with Crippen molar-refractivity contribution in [2.75, 3.05) is 13.7 Å². The van der Waals surface area contributed by atoms with Crippen molar-refractivity contribution in [3.63, 3.8) is 0 Å². The standard InChI is InChI=1S/C14H20N2O4S/c1-14(2)7-4-8-16(14)13(17)11-9-10(21(15,18)19)5-6-12(11)20-3/h5-6,9H,4,7-8H2,1-3H3,(H2,15,18,19). The van der Waals surface area contributed by atoms with Crippen LogP contribution in [0.1, 0.15) is 37.0 Å². The molecule has 2 N–H and O–H groups in total. The average molecular weight is 312 g/mol. The molecule has 6 nitrogen and oxygen atoms in total. The van der Waals surface area contributed by atoms with Gasteiger partial charge in [-0.15, -0.1) is 0 Å². The predicted molar refractivity (Wildman–Crippen MR) is 78.7 cm³/mol. The van der Waals surface area contributed by atoms with Crippen LogP contribution in [-0.2, 0) is 10.0 Å². The number of likely N-dealkylation sites (tertiary alicyclic amines) is 1. The van der Waals surface area contributed by atoms with Crippen LogP contribution in [0.3, 0.4) is 0 Å². The number of carbonyl (C=O) groups is 1. The Hall–Kier alpha value is -1.60. The normalized spacial score (nSPS) is 17.8. The third-order valence-electron chi connectivity index (χ3n) is 3.88. The van der Waals surface area contributed by atoms with E-state index >= 15 is 0 Å². The second-order valence-electron chi connectivity index (χ2n) is 5.78. The largest absolute Gasteiger partial charge is 0.496 e. The Morgan fingerprint density at radius 3 is 2.52 bits per heavy atom. The molecule has 0 aliphatic carbocycles. The van der Waals surface area contributed by atoms with Crippen molar-refractivity contribution in [2.24, 2.45) is 5.14 Å². The summed E-state index contributed by atoms with van der Waals surface area (Å²) in [7, 11) is -2.42. The number of hydrogen-bond acceptors (Lipinski definition) is 4. The summed E-state index contributed by atoms with van der Waals surface area (Å²) in [5.74, 6) is 0.106. The van der Waals surface area contributed by atoms with Crippen molar-refractivity contribution in [2.45, 2.75) is 37.1 Å². The molecule has 7 heteroatoms. The first-order chi connectivity index (χ1) is 9.66. The average Bonchev–Trinajstić information content (AvgIpc) is 2.75. The van der Waals surface area contributed by atoms with Gasteiger partial charge < -0.3 is 9.64 Å². The molecule has 1 aliphatic rings. The van der Waals surface area contributed by atoms with E-state index in [1.54, 1.807) is 4.90 Å². The molecule has 1 aromatic carbocycles. The van der Waals surface area contributed by atoms with Crippen LogP contribution in [0.4, 0.5) is 0 Å². The van der Waals surface area contributed by atoms with E-state index in [2.05, 4.69) is 0 Å². The first-order valence-corrected chi connectivity index (χ1v) is 8.24. The van der Waals surface area contributed by atoms with E-state index in [1.807, 2.05) is 13.8 Å². The number of methoxy groups -OCH3 is 1. The van der Waals surface area contributed by atoms with Crippen LogP contribution in [0.5, 0.6) is 5.75 Å². The molecule has 0 aromatic heterocycles. The molecule has 0 spiro atoms. The summed E-state index contributed by atoms with van der Waals surface area (Å²) in [6.07, 6.45) is 1.84. The smallest absolute Gasteiger partial charge is 0.258 e. The van der Waals surface area contributed by atoms with Gasteiger partial charge in [-0.3, -0.25) is 4.79 Å². The predicted octanol–water partition coefficient (Wildman–Crippen LogP) is 1.36. The summed E-state index contributed by atoms with van der Waals surface area (Å²) in [6, 6.07) is 4.07. The van der Waals surface area contributed by atoms with Crippen molar-refractivity contribution < 1.29 is 17.9 Å². The molecule has 1 aromatic rings. The maximum Gasteiger partial charge on any atom is 0.258 e. The maximum atomic E-state index is 12.7. The zero-order valence-electron chi connectivity index (χ0n) is 12.4. The second-order valence-corrected chi connectivity index (χ2v) is 7.34. The second kappa shape index (κ2) is 5.31. The molecule has 0 radical (unpaired) electrons. The number of primary sulfonamides is 1. The minimum atomic E-state index is -3.86. The van der Waals surface area contributed by atoms with Crippen LogP contribution in [0.2, 0.25) is 0 Å². The van der Waals surface area contributed by atoms with Gasteiger partial charge in [-0.2, -0.15) is 0 Å². The van der Waals surface area contributed by atoms with Crippen LogP contribution in [-0.4, -0.2) is 38.4 Å². The van der Waals surface area contributed by atoms with Gasteiger partial charge in [0.2, 0.25) is 10.0 Å². The fourth-order valence-corrected chi connectivity index (χ4v) is 3.20. The lowest BCUT2D eigenvalue weighted by molar-refractivity contribution is 0.0648. The topological polar surface area (TPSA) is 89.7 Å². The van der Waals surface area contributed by atoms with Gasteiger partial charge in [0, 0.05) is 12.1 Å². The molecule has 116 valence electrons. The van der Waals surface area contributed by atoms with Crippen LogP contribution in [0.15, 0.2) is 23.1 Å². The van der Waals surface area contributed by atoms with Crippen molar-refractivity contribution in [1.29, 1.82) is 0 Å². The molecule has 0 unspecified atom stereocenters. The van der Waals surface area contributed by atoms with Crippen LogP contribution in [0.25, 0.3) is 0 Å². The van der Waals surface area contributed by atoms with Gasteiger partial charge in [-0.1, -0.05) is 0 Å². The Balaban J connectivity index is 2.49. The zero-order valence-corrected chi connectivity index (χ0v) is 13.2. The molecular formula is C14H20N2O4S. The van der Waals surface area contributed by atoms with E-state index in [-0.39, 0.29) is 21.9 Å². The van der Waals surface area contributed by atoms with E-state index in [4.69, 9.17) is 9.88 Å². The van der Waals surface area contributed by atoms with Gasteiger partial charge in [-0.25, -0.2) is 13.6 Å². The quantitative estimate of drug-likeness (QED) is 0.912. The molecule has 0 atom stereocenters. The summed E-state index contributed by atoms with van der Waals surface area (Å²) in [6.45, 7) is 4.64. The first kappa shape index (κ1) is 15.8. The number of nitrogens with zero attached hydrogens (tertiary/aromatic N) is 1. The van der Waals surface area contributed by atoms with Crippen molar-refractivity contribution in [1.82, 2.24) is 4.90 Å². The molecule has 21 heavy (non-hydrogen) atoms. The summed E-state index contributed by atoms with van der Waals surface area (Å²) in [5, 5.41) is 5.13. The number of nitrogens with two attached hydrogens (primary N) is 1. The monoisotopic (exact) mass is 312 g/mol. The number of hydrogen-bond donors (Lipinski definition) is 1. The number of sulfonamides is 1. The number of ether oxygens (including phenoxy) is 1. The van der Waals surface area contributed by atoms with Gasteiger partial charge in [0.1, 0.15) is 5.75 Å². The highest BCUT2D eigenvalue weighted by molar-refractivity contribution is 7.89. The number of benzene rings is 1. The molecule has 2 rings (SSSR count). The third kappa shape index (κ3) is 3.03. The summed E-state index contributed by atoms with van der Waals surface area (Å²) >= 11 is 0. The summed E-state index contributed by atoms with van der Waals surface area (Å²) in [4.78, 5) is 14.4. The van der Waals surface area contributed by atoms with Crippen molar-refractivity contribution >= 4 is 15.9 Å². The fourth-order valence-electron chi connectivity index (χ4n) is 2.66. The van der Waals surface area contributed by atoms with E-state index in [0.29, 0.717) is 12.3 Å². The molecule has 0 saturated carbocycles. The Labute approximate surface area is 124 Å². The first-order valence-electron chi connectivity index (χ1n) is 6.69. The fraction of sp³-hybridized carbons (Fsp3) is 0.500. The minimum Gasteiger partial charge on any atom is -0.496 e. The lowest BCUT2D eigenvalue weighted by Gasteiger charge is -2.32. The van der Waals surface area contributed by atoms with Gasteiger partial charge in [-0.05, 0) is 44.9 Å². The molecule has 1 saturated heterocycles. The third-order valence-corrected chi connectivity index (χ3v) is 4.79. The van der Waals surface area contributed by atoms with Gasteiger partial charge in [0.25, 0.3) is 5.91 Å². The minimum absolute atomic E-state index is 0.0938. The SMILES string of the molecule is COc1ccc(S(N)(=O)=O)cc1C(=O)N1CCCC1(C)C. The highest BCUT2D eigenvalue weighted by Crippen LogP contribution is 2.32. The Morgan fingerprint density at radius 2 is 2.05 bits per heavy atom. The van der Waals surface area contributed by atoms with E-state index in [9.17, 15) is 13.2 Å². The molecule has 0 bridgehead atoms. The van der Waals surface area contributed by atoms with E-state index in [0.717, 1.165) is 12.8 Å². The molecule has 1 amide bonds. The van der Waals surface area contributed by atoms with Gasteiger partial charge >= 0.3 is 0 Å². The maximum absolute atomic E-state index is 12.7. The van der Waals surface area contributed by atoms with Crippen LogP contribution >= 0.6 is 0 Å². The summed E-state index contributed by atoms with van der Waals surface area (Å²) < 4.78 is 28.1. The number of amides is 1. The van der Waals surface area contributed by atoms with Crippen LogP contribution < -0.4 is 9.88 Å². The van der Waals surface area contributed by atoms with Crippen molar-refractivity contribution in [3.8, 4) is 5.75 Å². The Kier molecular flexibility index (Phi) is 3.99. The molecular weight excluding hydrogens is 292 g/mol. The highest BCUT2D eigenvalue weighted by atomic mass is 32.2. The lowest BCUT2D eigenvalue weighted by Crippen LogP contribution is -2.42. The zero-order chi connectivity index (χ0) is 15.8. The van der Waals surface area contributed by atoms with Gasteiger partial charge in [0.05, 0.1) is 17.6 Å². The highest BCUT2D eigenvalue weighted by Gasteiger charge is 2.37. The van der Waals surface area contributed by atoms with Gasteiger partial charge in [0.15, 0.2) is 0 Å². The number of rotatable bonds is 3. The Bertz CT molecular complexity index is 668. The van der Waals surface area contributed by atoms with Crippen molar-refractivity contribution in [3.05, 3.63) is 23.8 Å². The molecule has 1 fully saturated rings. The molecule has 1 aliphatic heterocycles. The summed E-state index contributed by atoms with van der Waals surface area (Å²) in [5.41, 5.74) is -0.0290. The number of carbonyl (C=O) groups excluding carboxylic acids is 1.